The minimum Gasteiger partial charge on any atom is -0.377 e. The number of thioether (sulfide) groups is 1. The zero-order valence-electron chi connectivity index (χ0n) is 40.3. The van der Waals surface area contributed by atoms with Crippen LogP contribution in [0, 0.1) is 0 Å². The van der Waals surface area contributed by atoms with Gasteiger partial charge in [0.25, 0.3) is 0 Å². The maximum Gasteiger partial charge on any atom is 0.315 e. The predicted octanol–water partition coefficient (Wildman–Crippen LogP) is 4.92. The molecular weight excluding hydrogens is 948 g/mol. The van der Waals surface area contributed by atoms with E-state index in [1.54, 1.807) is 0 Å². The van der Waals surface area contributed by atoms with Crippen molar-refractivity contribution < 1.29 is 47.5 Å². The average Bonchev–Trinajstić information content (AvgIpc) is 3.86. The molecule has 4 aliphatic rings. The van der Waals surface area contributed by atoms with Gasteiger partial charge in [-0.2, -0.15) is 11.8 Å². The quantitative estimate of drug-likeness (QED) is 0.0398. The first-order valence-electron chi connectivity index (χ1n) is 24.9. The van der Waals surface area contributed by atoms with Gasteiger partial charge in [0.2, 0.25) is 11.8 Å². The molecule has 7 N–H and O–H groups in total. The molecule has 16 nitrogen and oxygen atoms in total. The molecule has 2 heterocycles. The van der Waals surface area contributed by atoms with Crippen molar-refractivity contribution in [1.82, 2.24) is 26.6 Å². The number of hydrogen-bond acceptors (Lipinski definition) is 13. The number of urea groups is 1. The van der Waals surface area contributed by atoms with Crippen LogP contribution < -0.4 is 32.3 Å². The minimum atomic E-state index is -0.0618. The lowest BCUT2D eigenvalue weighted by Crippen LogP contribution is -2.38. The Kier molecular flexibility index (Phi) is 29.4. The summed E-state index contributed by atoms with van der Waals surface area (Å²) in [5, 5.41) is 16.1. The van der Waals surface area contributed by atoms with Gasteiger partial charge < -0.3 is 65.5 Å². The highest BCUT2D eigenvalue weighted by atomic mass is 35.5. The van der Waals surface area contributed by atoms with Crippen molar-refractivity contribution in [2.24, 2.45) is 5.73 Å². The van der Waals surface area contributed by atoms with E-state index in [4.69, 9.17) is 38.9 Å². The van der Waals surface area contributed by atoms with Gasteiger partial charge in [0.15, 0.2) is 0 Å². The van der Waals surface area contributed by atoms with E-state index in [1.807, 2.05) is 11.8 Å². The van der Waals surface area contributed by atoms with Gasteiger partial charge in [0.1, 0.15) is 0 Å². The highest BCUT2D eigenvalue weighted by Gasteiger charge is 2.42. The number of unbranched alkanes of at least 4 members (excludes halogenated alkanes) is 1. The summed E-state index contributed by atoms with van der Waals surface area (Å²) < 4.78 is 38.8. The molecule has 0 bridgehead atoms. The molecular formula is C50H80Cl2N6O10S. The van der Waals surface area contributed by atoms with Crippen LogP contribution in [0.15, 0.2) is 48.5 Å². The minimum absolute atomic E-state index is 0. The molecule has 69 heavy (non-hydrogen) atoms. The highest BCUT2D eigenvalue weighted by Crippen LogP contribution is 2.42. The van der Waals surface area contributed by atoms with E-state index in [0.29, 0.717) is 154 Å². The lowest BCUT2D eigenvalue weighted by atomic mass is 9.91. The zero-order valence-corrected chi connectivity index (χ0v) is 42.8. The van der Waals surface area contributed by atoms with Crippen LogP contribution in [-0.4, -0.2) is 165 Å². The first-order valence-corrected chi connectivity index (χ1v) is 25.9. The SMILES string of the molecule is Cl.Cl.NC1CCC(N[C@@H]2C[C@H]2c2ccc(-c3cccc(CCC(=O)NCCOCCOCCOCCOCCOCCOCCOCCNC(=O)CCCC[C@@H]4SC[C@@H]5NC(=O)N[C@@H]54)c3)cc2)CC1. The maximum absolute atomic E-state index is 12.5. The molecule has 2 aromatic carbocycles. The summed E-state index contributed by atoms with van der Waals surface area (Å²) in [5.41, 5.74) is 11.0. The number of nitrogens with two attached hydrogens (primary N) is 1. The number of fused-ring (bicyclic) bond motifs is 1. The van der Waals surface area contributed by atoms with E-state index in [9.17, 15) is 14.4 Å². The topological polar surface area (TPSA) is 202 Å². The van der Waals surface area contributed by atoms with E-state index in [1.165, 1.54) is 36.0 Å². The van der Waals surface area contributed by atoms with Gasteiger partial charge in [-0.15, -0.1) is 24.8 Å². The normalized spacial score (nSPS) is 22.4. The Morgan fingerprint density at radius 2 is 1.20 bits per heavy atom. The van der Waals surface area contributed by atoms with Crippen LogP contribution in [0.25, 0.3) is 11.1 Å². The van der Waals surface area contributed by atoms with E-state index >= 15 is 0 Å². The number of carbonyl (C=O) groups excluding carboxylic acids is 3. The van der Waals surface area contributed by atoms with Crippen molar-refractivity contribution in [3.05, 3.63) is 59.7 Å². The van der Waals surface area contributed by atoms with Gasteiger partial charge in [-0.1, -0.05) is 55.0 Å². The van der Waals surface area contributed by atoms with E-state index in [-0.39, 0.29) is 54.7 Å². The van der Waals surface area contributed by atoms with Gasteiger partial charge in [-0.3, -0.25) is 9.59 Å². The van der Waals surface area contributed by atoms with Crippen LogP contribution >= 0.6 is 36.6 Å². The maximum atomic E-state index is 12.5. The molecule has 19 heteroatoms. The molecule has 0 radical (unpaired) electrons. The largest absolute Gasteiger partial charge is 0.377 e. The first kappa shape index (κ1) is 58.8. The third-order valence-electron chi connectivity index (χ3n) is 12.7. The molecule has 390 valence electrons. The summed E-state index contributed by atoms with van der Waals surface area (Å²) in [4.78, 5) is 36.1. The number of carbonyl (C=O) groups is 3. The number of hydrogen-bond donors (Lipinski definition) is 6. The Morgan fingerprint density at radius 1 is 0.652 bits per heavy atom. The van der Waals surface area contributed by atoms with Crippen molar-refractivity contribution in [2.75, 3.05) is 111 Å². The molecule has 2 saturated carbocycles. The van der Waals surface area contributed by atoms with E-state index in [2.05, 4.69) is 75.1 Å². The number of ether oxygens (including phenoxy) is 7. The molecule has 6 rings (SSSR count). The van der Waals surface area contributed by atoms with Gasteiger partial charge in [-0.05, 0) is 73.6 Å². The smallest absolute Gasteiger partial charge is 0.315 e. The molecule has 2 aliphatic carbocycles. The third kappa shape index (κ3) is 23.1. The lowest BCUT2D eigenvalue weighted by molar-refractivity contribution is -0.122. The fourth-order valence-electron chi connectivity index (χ4n) is 8.82. The Labute approximate surface area is 426 Å². The lowest BCUT2D eigenvalue weighted by Gasteiger charge is -2.27. The molecule has 0 aromatic heterocycles. The molecule has 0 unspecified atom stereocenters. The average molecular weight is 1030 g/mol. The molecule has 0 spiro atoms. The molecule has 5 atom stereocenters. The zero-order chi connectivity index (χ0) is 46.7. The molecule has 2 saturated heterocycles. The Morgan fingerprint density at radius 3 is 1.78 bits per heavy atom. The summed E-state index contributed by atoms with van der Waals surface area (Å²) >= 11 is 1.90. The van der Waals surface area contributed by atoms with Crippen LogP contribution in [0.3, 0.4) is 0 Å². The van der Waals surface area contributed by atoms with Crippen LogP contribution in [0.1, 0.15) is 81.3 Å². The van der Waals surface area contributed by atoms with Crippen LogP contribution in [0.2, 0.25) is 0 Å². The second-order valence-corrected chi connectivity index (χ2v) is 19.2. The second kappa shape index (κ2) is 34.6. The van der Waals surface area contributed by atoms with Crippen molar-refractivity contribution >= 4 is 54.4 Å². The van der Waals surface area contributed by atoms with Crippen molar-refractivity contribution in [1.29, 1.82) is 0 Å². The predicted molar refractivity (Wildman–Crippen MR) is 275 cm³/mol. The van der Waals surface area contributed by atoms with Crippen LogP contribution in [0.4, 0.5) is 4.79 Å². The molecule has 4 amide bonds. The Bertz CT molecular complexity index is 1740. The number of aryl methyl sites for hydroxylation is 1. The number of nitrogens with one attached hydrogen (secondary N) is 5. The third-order valence-corrected chi connectivity index (χ3v) is 14.2. The highest BCUT2D eigenvalue weighted by molar-refractivity contribution is 8.00. The number of rotatable bonds is 36. The van der Waals surface area contributed by atoms with Crippen molar-refractivity contribution in [3.63, 3.8) is 0 Å². The number of benzene rings is 2. The van der Waals surface area contributed by atoms with Gasteiger partial charge in [0.05, 0.1) is 105 Å². The summed E-state index contributed by atoms with van der Waals surface area (Å²) in [5.74, 6) is 1.62. The first-order chi connectivity index (χ1) is 32.9. The number of halogens is 2. The Hall–Kier alpha value is -2.78. The summed E-state index contributed by atoms with van der Waals surface area (Å²) in [6.45, 7) is 7.44. The monoisotopic (exact) mass is 1030 g/mol. The standard InChI is InChI=1S/C50H78N6O10S.2ClH/c51-41-13-15-42(16-14-41)54-44-35-43(44)39-11-9-38(10-12-39)40-5-3-4-37(34-40)8-17-48(58)53-19-21-61-23-25-63-27-29-65-31-33-66-32-30-64-28-26-62-24-22-60-20-18-52-47(57)7-2-1-6-46-49-45(36-67-46)55-50(59)56-49;;/h3-5,9-12,34,41-46,49,54H,1-2,6-8,13-33,35-36,51H2,(H,52,57)(H,53,58)(H2,55,56,59);2*1H/t41?,42?,43-,44+,45-,46-,49-;;/m0../s1. The van der Waals surface area contributed by atoms with Gasteiger partial charge in [-0.25, -0.2) is 4.79 Å². The van der Waals surface area contributed by atoms with E-state index in [0.717, 1.165) is 43.4 Å². The fraction of sp³-hybridized carbons (Fsp3) is 0.700. The van der Waals surface area contributed by atoms with Crippen molar-refractivity contribution in [3.8, 4) is 11.1 Å². The van der Waals surface area contributed by atoms with Gasteiger partial charge >= 0.3 is 6.03 Å². The number of amides is 4. The Balaban J connectivity index is 0.00000518. The second-order valence-electron chi connectivity index (χ2n) is 17.9. The fourth-order valence-corrected chi connectivity index (χ4v) is 10.4. The van der Waals surface area contributed by atoms with Crippen molar-refractivity contribution in [2.45, 2.75) is 112 Å². The van der Waals surface area contributed by atoms with Gasteiger partial charge in [0, 0.05) is 61.0 Å². The van der Waals surface area contributed by atoms with Crippen LogP contribution in [0.5, 0.6) is 0 Å². The summed E-state index contributed by atoms with van der Waals surface area (Å²) in [6, 6.07) is 19.5. The van der Waals surface area contributed by atoms with E-state index < -0.39 is 0 Å². The summed E-state index contributed by atoms with van der Waals surface area (Å²) in [6.07, 6.45) is 10.3. The molecule has 2 aromatic rings. The summed E-state index contributed by atoms with van der Waals surface area (Å²) in [7, 11) is 0. The molecule has 2 aliphatic heterocycles. The molecule has 4 fully saturated rings. The van der Waals surface area contributed by atoms with Crippen LogP contribution in [-0.2, 0) is 49.2 Å².